The fourth-order valence-corrected chi connectivity index (χ4v) is 5.19. The zero-order valence-electron chi connectivity index (χ0n) is 16.1. The predicted molar refractivity (Wildman–Crippen MR) is 112 cm³/mol. The Morgan fingerprint density at radius 3 is 2.82 bits per heavy atom. The monoisotopic (exact) mass is 416 g/mol. The standard InChI is InChI=1S/C19H24N6OS2/c1-13-22-16(11-27-13)17-4-3-15(28-17)5-8-20-19(26)25-9-6-14(7-10-25)18-23-21-12-24(18)2/h3-4,11-12,14H,5-10H2,1-2H3,(H,20,26). The topological polar surface area (TPSA) is 75.9 Å². The second-order valence-corrected chi connectivity index (χ2v) is 9.29. The van der Waals surface area contributed by atoms with Crippen molar-refractivity contribution in [3.05, 3.63) is 39.5 Å². The van der Waals surface area contributed by atoms with E-state index < -0.39 is 0 Å². The van der Waals surface area contributed by atoms with Gasteiger partial charge in [0.1, 0.15) is 12.2 Å². The van der Waals surface area contributed by atoms with E-state index in [0.29, 0.717) is 12.5 Å². The van der Waals surface area contributed by atoms with Crippen LogP contribution in [0.3, 0.4) is 0 Å². The van der Waals surface area contributed by atoms with Crippen molar-refractivity contribution >= 4 is 28.7 Å². The van der Waals surface area contributed by atoms with Crippen LogP contribution in [-0.4, -0.2) is 50.3 Å². The zero-order valence-corrected chi connectivity index (χ0v) is 17.7. The van der Waals surface area contributed by atoms with Crippen molar-refractivity contribution in [3.63, 3.8) is 0 Å². The number of amides is 2. The molecule has 148 valence electrons. The second kappa shape index (κ2) is 8.40. The summed E-state index contributed by atoms with van der Waals surface area (Å²) in [5.74, 6) is 1.40. The maximum absolute atomic E-state index is 12.5. The molecule has 1 aliphatic heterocycles. The molecule has 3 aromatic heterocycles. The lowest BCUT2D eigenvalue weighted by molar-refractivity contribution is 0.180. The third-order valence-corrected chi connectivity index (χ3v) is 7.02. The molecule has 0 saturated carbocycles. The number of hydrogen-bond donors (Lipinski definition) is 1. The molecule has 1 aliphatic rings. The normalized spacial score (nSPS) is 15.1. The molecule has 3 aromatic rings. The number of hydrogen-bond acceptors (Lipinski definition) is 6. The highest BCUT2D eigenvalue weighted by Gasteiger charge is 2.26. The fraction of sp³-hybridized carbons (Fsp3) is 0.474. The summed E-state index contributed by atoms with van der Waals surface area (Å²) in [4.78, 5) is 21.4. The second-order valence-electron chi connectivity index (χ2n) is 7.06. The molecule has 9 heteroatoms. The molecule has 1 fully saturated rings. The molecule has 4 rings (SSSR count). The van der Waals surface area contributed by atoms with Crippen LogP contribution in [0.2, 0.25) is 0 Å². The molecular weight excluding hydrogens is 392 g/mol. The van der Waals surface area contributed by atoms with Crippen LogP contribution < -0.4 is 5.32 Å². The lowest BCUT2D eigenvalue weighted by atomic mass is 9.96. The van der Waals surface area contributed by atoms with Gasteiger partial charge in [0.2, 0.25) is 0 Å². The van der Waals surface area contributed by atoms with Crippen LogP contribution in [-0.2, 0) is 13.5 Å². The number of likely N-dealkylation sites (tertiary alicyclic amines) is 1. The number of piperidine rings is 1. The first-order valence-electron chi connectivity index (χ1n) is 9.48. The number of nitrogens with one attached hydrogen (secondary N) is 1. The first-order valence-corrected chi connectivity index (χ1v) is 11.2. The molecular formula is C19H24N6OS2. The first-order chi connectivity index (χ1) is 13.6. The molecule has 28 heavy (non-hydrogen) atoms. The van der Waals surface area contributed by atoms with Crippen LogP contribution in [0.5, 0.6) is 0 Å². The Kier molecular flexibility index (Phi) is 5.72. The van der Waals surface area contributed by atoms with Gasteiger partial charge in [0.05, 0.1) is 15.6 Å². The van der Waals surface area contributed by atoms with Crippen LogP contribution in [0.15, 0.2) is 23.8 Å². The molecule has 0 aromatic carbocycles. The number of rotatable bonds is 5. The van der Waals surface area contributed by atoms with E-state index in [0.717, 1.165) is 48.9 Å². The Morgan fingerprint density at radius 2 is 2.14 bits per heavy atom. The van der Waals surface area contributed by atoms with Gasteiger partial charge in [-0.15, -0.1) is 32.9 Å². The van der Waals surface area contributed by atoms with E-state index in [9.17, 15) is 4.79 Å². The Bertz CT molecular complexity index is 938. The number of nitrogens with zero attached hydrogens (tertiary/aromatic N) is 5. The van der Waals surface area contributed by atoms with Gasteiger partial charge < -0.3 is 14.8 Å². The van der Waals surface area contributed by atoms with E-state index in [4.69, 9.17) is 0 Å². The largest absolute Gasteiger partial charge is 0.338 e. The first kappa shape index (κ1) is 19.1. The minimum Gasteiger partial charge on any atom is -0.338 e. The van der Waals surface area contributed by atoms with Gasteiger partial charge >= 0.3 is 6.03 Å². The van der Waals surface area contributed by atoms with Gasteiger partial charge in [-0.05, 0) is 38.3 Å². The van der Waals surface area contributed by atoms with Gasteiger partial charge in [0.25, 0.3) is 0 Å². The fourth-order valence-electron chi connectivity index (χ4n) is 3.53. The smallest absolute Gasteiger partial charge is 0.317 e. The van der Waals surface area contributed by atoms with Crippen molar-refractivity contribution in [2.24, 2.45) is 7.05 Å². The average molecular weight is 417 g/mol. The molecule has 0 bridgehead atoms. The Morgan fingerprint density at radius 1 is 1.32 bits per heavy atom. The molecule has 4 heterocycles. The minimum atomic E-state index is 0.0309. The highest BCUT2D eigenvalue weighted by atomic mass is 32.1. The number of carbonyl (C=O) groups is 1. The molecule has 1 saturated heterocycles. The molecule has 0 radical (unpaired) electrons. The number of urea groups is 1. The molecule has 0 aliphatic carbocycles. The van der Waals surface area contributed by atoms with Crippen molar-refractivity contribution in [2.45, 2.75) is 32.1 Å². The van der Waals surface area contributed by atoms with Crippen LogP contribution in [0.4, 0.5) is 4.79 Å². The molecule has 0 spiro atoms. The quantitative estimate of drug-likeness (QED) is 0.691. The molecule has 0 atom stereocenters. The van der Waals surface area contributed by atoms with E-state index in [2.05, 4.69) is 38.0 Å². The van der Waals surface area contributed by atoms with E-state index in [1.54, 1.807) is 29.0 Å². The van der Waals surface area contributed by atoms with Crippen LogP contribution >= 0.6 is 22.7 Å². The number of carbonyl (C=O) groups excluding carboxylic acids is 1. The molecule has 1 N–H and O–H groups in total. The Hall–Kier alpha value is -2.26. The van der Waals surface area contributed by atoms with Gasteiger partial charge in [-0.1, -0.05) is 0 Å². The van der Waals surface area contributed by atoms with Crippen molar-refractivity contribution in [1.29, 1.82) is 0 Å². The summed E-state index contributed by atoms with van der Waals surface area (Å²) in [7, 11) is 1.97. The highest BCUT2D eigenvalue weighted by molar-refractivity contribution is 7.16. The SMILES string of the molecule is Cc1nc(-c2ccc(CCNC(=O)N3CCC(c4nncn4C)CC3)s2)cs1. The summed E-state index contributed by atoms with van der Waals surface area (Å²) < 4.78 is 1.97. The Labute approximate surface area is 172 Å². The van der Waals surface area contributed by atoms with Crippen molar-refractivity contribution in [3.8, 4) is 10.6 Å². The highest BCUT2D eigenvalue weighted by Crippen LogP contribution is 2.29. The van der Waals surface area contributed by atoms with Gasteiger partial charge in [0, 0.05) is 42.9 Å². The molecule has 2 amide bonds. The lowest BCUT2D eigenvalue weighted by Gasteiger charge is -2.31. The number of aromatic nitrogens is 4. The molecule has 0 unspecified atom stereocenters. The lowest BCUT2D eigenvalue weighted by Crippen LogP contribution is -2.44. The molecule has 7 nitrogen and oxygen atoms in total. The Balaban J connectivity index is 1.22. The predicted octanol–water partition coefficient (Wildman–Crippen LogP) is 3.44. The van der Waals surface area contributed by atoms with E-state index in [1.165, 1.54) is 9.75 Å². The van der Waals surface area contributed by atoms with Gasteiger partial charge in [0.15, 0.2) is 0 Å². The maximum Gasteiger partial charge on any atom is 0.317 e. The third-order valence-electron chi connectivity index (χ3n) is 5.07. The summed E-state index contributed by atoms with van der Waals surface area (Å²) in [5, 5.41) is 14.4. The number of aryl methyl sites for hydroxylation is 2. The minimum absolute atomic E-state index is 0.0309. The summed E-state index contributed by atoms with van der Waals surface area (Å²) >= 11 is 3.42. The summed E-state index contributed by atoms with van der Waals surface area (Å²) in [6.07, 6.45) is 4.44. The van der Waals surface area contributed by atoms with Crippen molar-refractivity contribution in [1.82, 2.24) is 30.0 Å². The summed E-state index contributed by atoms with van der Waals surface area (Å²) in [6, 6.07) is 4.28. The average Bonchev–Trinajstić information content (AvgIpc) is 3.43. The number of thiophene rings is 1. The van der Waals surface area contributed by atoms with Crippen molar-refractivity contribution in [2.75, 3.05) is 19.6 Å². The van der Waals surface area contributed by atoms with E-state index in [1.807, 2.05) is 23.4 Å². The maximum atomic E-state index is 12.5. The van der Waals surface area contributed by atoms with Gasteiger partial charge in [-0.2, -0.15) is 0 Å². The van der Waals surface area contributed by atoms with Crippen LogP contribution in [0.25, 0.3) is 10.6 Å². The number of thiazole rings is 1. The van der Waals surface area contributed by atoms with Crippen LogP contribution in [0.1, 0.15) is 34.5 Å². The summed E-state index contributed by atoms with van der Waals surface area (Å²) in [5.41, 5.74) is 1.05. The van der Waals surface area contributed by atoms with Crippen LogP contribution in [0, 0.1) is 6.92 Å². The van der Waals surface area contributed by atoms with E-state index >= 15 is 0 Å². The summed E-state index contributed by atoms with van der Waals surface area (Å²) in [6.45, 7) is 4.19. The third kappa shape index (κ3) is 4.25. The van der Waals surface area contributed by atoms with Crippen molar-refractivity contribution < 1.29 is 4.79 Å². The van der Waals surface area contributed by atoms with Gasteiger partial charge in [-0.3, -0.25) is 0 Å². The zero-order chi connectivity index (χ0) is 19.5. The van der Waals surface area contributed by atoms with E-state index in [-0.39, 0.29) is 6.03 Å². The van der Waals surface area contributed by atoms with Gasteiger partial charge in [-0.25, -0.2) is 9.78 Å².